The maximum Gasteiger partial charge on any atom is 0.229 e. The Bertz CT molecular complexity index is 960. The smallest absolute Gasteiger partial charge is 0.229 e. The Balaban J connectivity index is 1.37. The molecule has 2 aliphatic heterocycles. The fourth-order valence-electron chi connectivity index (χ4n) is 5.93. The first-order valence-corrected chi connectivity index (χ1v) is 12.2. The highest BCUT2D eigenvalue weighted by Crippen LogP contribution is 2.41. The molecule has 1 aliphatic carbocycles. The van der Waals surface area contributed by atoms with Crippen LogP contribution in [0.15, 0.2) is 48.8 Å². The van der Waals surface area contributed by atoms with Gasteiger partial charge in [0.1, 0.15) is 0 Å². The number of carbonyl (C=O) groups excluding carboxylic acids is 2. The molecule has 0 bridgehead atoms. The molecule has 0 radical (unpaired) electrons. The lowest BCUT2D eigenvalue weighted by atomic mass is 9.72. The first-order valence-electron chi connectivity index (χ1n) is 12.2. The van der Waals surface area contributed by atoms with Crippen molar-refractivity contribution in [3.63, 3.8) is 0 Å². The maximum absolute atomic E-state index is 14.0. The second-order valence-corrected chi connectivity index (χ2v) is 9.90. The van der Waals surface area contributed by atoms with Gasteiger partial charge in [-0.3, -0.25) is 14.6 Å². The van der Waals surface area contributed by atoms with E-state index in [0.717, 1.165) is 37.7 Å². The minimum Gasteiger partial charge on any atom is -0.342 e. The molecule has 5 heteroatoms. The van der Waals surface area contributed by atoms with E-state index in [0.29, 0.717) is 32.1 Å². The third kappa shape index (κ3) is 4.17. The number of carbonyl (C=O) groups is 2. The molecule has 3 aliphatic rings. The van der Waals surface area contributed by atoms with Crippen LogP contribution >= 0.6 is 0 Å². The minimum atomic E-state index is -0.414. The highest BCUT2D eigenvalue weighted by atomic mass is 16.2. The van der Waals surface area contributed by atoms with E-state index in [1.807, 2.05) is 17.0 Å². The van der Waals surface area contributed by atoms with E-state index in [2.05, 4.69) is 34.1 Å². The van der Waals surface area contributed by atoms with E-state index < -0.39 is 5.41 Å². The second-order valence-electron chi connectivity index (χ2n) is 9.90. The van der Waals surface area contributed by atoms with Gasteiger partial charge in [-0.1, -0.05) is 43.5 Å². The molecule has 1 aromatic carbocycles. The Kier molecular flexibility index (Phi) is 5.99. The summed E-state index contributed by atoms with van der Waals surface area (Å²) in [4.78, 5) is 35.3. The number of hydrogen-bond donors (Lipinski definition) is 0. The summed E-state index contributed by atoms with van der Waals surface area (Å²) in [5.41, 5.74) is 3.22. The zero-order chi connectivity index (χ0) is 22.0. The summed E-state index contributed by atoms with van der Waals surface area (Å²) in [6.45, 7) is 2.64. The fraction of sp³-hybridized carbons (Fsp3) is 0.519. The van der Waals surface area contributed by atoms with Crippen LogP contribution in [0.5, 0.6) is 0 Å². The molecular formula is C27H33N3O2. The third-order valence-corrected chi connectivity index (χ3v) is 7.86. The Morgan fingerprint density at radius 2 is 1.66 bits per heavy atom. The lowest BCUT2D eigenvalue weighted by Crippen LogP contribution is -2.52. The van der Waals surface area contributed by atoms with Gasteiger partial charge in [-0.2, -0.15) is 0 Å². The summed E-state index contributed by atoms with van der Waals surface area (Å²) < 4.78 is 0. The van der Waals surface area contributed by atoms with Crippen molar-refractivity contribution >= 4 is 11.8 Å². The van der Waals surface area contributed by atoms with Crippen LogP contribution in [0, 0.1) is 11.3 Å². The molecule has 1 saturated heterocycles. The van der Waals surface area contributed by atoms with Gasteiger partial charge in [-0.25, -0.2) is 0 Å². The van der Waals surface area contributed by atoms with Crippen LogP contribution in [-0.4, -0.2) is 39.7 Å². The van der Waals surface area contributed by atoms with Crippen LogP contribution < -0.4 is 0 Å². The van der Waals surface area contributed by atoms with E-state index >= 15 is 0 Å². The molecule has 2 amide bonds. The van der Waals surface area contributed by atoms with Crippen molar-refractivity contribution in [2.75, 3.05) is 13.1 Å². The normalized spacial score (nSPS) is 21.3. The number of amides is 2. The average molecular weight is 432 g/mol. The van der Waals surface area contributed by atoms with Crippen molar-refractivity contribution in [2.24, 2.45) is 11.3 Å². The molecule has 5 nitrogen and oxygen atoms in total. The highest BCUT2D eigenvalue weighted by molar-refractivity contribution is 5.85. The maximum atomic E-state index is 14.0. The van der Waals surface area contributed by atoms with E-state index in [4.69, 9.17) is 0 Å². The van der Waals surface area contributed by atoms with Crippen molar-refractivity contribution in [2.45, 2.75) is 64.5 Å². The molecule has 0 N–H and O–H groups in total. The first-order chi connectivity index (χ1) is 15.6. The lowest BCUT2D eigenvalue weighted by molar-refractivity contribution is -0.150. The molecule has 2 fully saturated rings. The van der Waals surface area contributed by atoms with Crippen LogP contribution in [0.1, 0.15) is 61.6 Å². The molecule has 1 aromatic heterocycles. The topological polar surface area (TPSA) is 53.5 Å². The number of piperidine rings is 1. The van der Waals surface area contributed by atoms with E-state index in [1.54, 1.807) is 12.4 Å². The SMILES string of the molecule is O=C(C1CCCCC1)N1CCC2(CC1)Cc1ccccc1CN(Cc1ccncc1)C2=O. The van der Waals surface area contributed by atoms with Gasteiger partial charge < -0.3 is 9.80 Å². The zero-order valence-corrected chi connectivity index (χ0v) is 18.8. The molecule has 1 spiro atoms. The summed E-state index contributed by atoms with van der Waals surface area (Å²) in [6.07, 6.45) is 11.5. The summed E-state index contributed by atoms with van der Waals surface area (Å²) in [5, 5.41) is 0. The number of fused-ring (bicyclic) bond motifs is 1. The van der Waals surface area contributed by atoms with Crippen LogP contribution in [0.4, 0.5) is 0 Å². The van der Waals surface area contributed by atoms with Gasteiger partial charge in [-0.05, 0) is 60.9 Å². The van der Waals surface area contributed by atoms with Gasteiger partial charge >= 0.3 is 0 Å². The van der Waals surface area contributed by atoms with Crippen LogP contribution in [0.3, 0.4) is 0 Å². The predicted octanol–water partition coefficient (Wildman–Crippen LogP) is 4.36. The molecule has 1 saturated carbocycles. The van der Waals surface area contributed by atoms with E-state index in [1.165, 1.54) is 30.4 Å². The van der Waals surface area contributed by atoms with E-state index in [9.17, 15) is 9.59 Å². The number of benzene rings is 1. The number of hydrogen-bond acceptors (Lipinski definition) is 3. The predicted molar refractivity (Wildman–Crippen MR) is 123 cm³/mol. The summed E-state index contributed by atoms with van der Waals surface area (Å²) >= 11 is 0. The average Bonchev–Trinajstić information content (AvgIpc) is 2.95. The number of rotatable bonds is 3. The van der Waals surface area contributed by atoms with Crippen molar-refractivity contribution in [1.29, 1.82) is 0 Å². The molecule has 2 aromatic rings. The van der Waals surface area contributed by atoms with E-state index in [-0.39, 0.29) is 11.8 Å². The van der Waals surface area contributed by atoms with Crippen molar-refractivity contribution in [3.8, 4) is 0 Å². The highest BCUT2D eigenvalue weighted by Gasteiger charge is 2.46. The fourth-order valence-corrected chi connectivity index (χ4v) is 5.93. The molecule has 0 atom stereocenters. The van der Waals surface area contributed by atoms with Crippen LogP contribution in [0.25, 0.3) is 0 Å². The number of likely N-dealkylation sites (tertiary alicyclic amines) is 1. The summed E-state index contributed by atoms with van der Waals surface area (Å²) in [5.74, 6) is 0.775. The zero-order valence-electron chi connectivity index (χ0n) is 18.8. The van der Waals surface area contributed by atoms with Crippen molar-refractivity contribution < 1.29 is 9.59 Å². The molecule has 0 unspecified atom stereocenters. The minimum absolute atomic E-state index is 0.201. The van der Waals surface area contributed by atoms with Gasteiger partial charge in [0.05, 0.1) is 5.41 Å². The molecular weight excluding hydrogens is 398 g/mol. The Morgan fingerprint density at radius 1 is 0.969 bits per heavy atom. The number of nitrogens with zero attached hydrogens (tertiary/aromatic N) is 3. The van der Waals surface area contributed by atoms with Crippen LogP contribution in [0.2, 0.25) is 0 Å². The van der Waals surface area contributed by atoms with Crippen molar-refractivity contribution in [1.82, 2.24) is 14.8 Å². The molecule has 3 heterocycles. The standard InChI is InChI=1S/C27H33N3O2/c31-25(22-6-2-1-3-7-22)29-16-12-27(13-17-29)18-23-8-4-5-9-24(23)20-30(26(27)32)19-21-10-14-28-15-11-21/h4-5,8-11,14-15,22H,1-3,6-7,12-13,16-20H2. The largest absolute Gasteiger partial charge is 0.342 e. The Morgan fingerprint density at radius 3 is 2.38 bits per heavy atom. The van der Waals surface area contributed by atoms with Crippen LogP contribution in [-0.2, 0) is 29.1 Å². The lowest BCUT2D eigenvalue weighted by Gasteiger charge is -2.43. The first kappa shape index (κ1) is 21.2. The van der Waals surface area contributed by atoms with Gasteiger partial charge in [-0.15, -0.1) is 0 Å². The Hall–Kier alpha value is -2.69. The summed E-state index contributed by atoms with van der Waals surface area (Å²) in [6, 6.07) is 12.5. The van der Waals surface area contributed by atoms with Gasteiger partial charge in [0.15, 0.2) is 0 Å². The third-order valence-electron chi connectivity index (χ3n) is 7.86. The quantitative estimate of drug-likeness (QED) is 0.726. The summed E-state index contributed by atoms with van der Waals surface area (Å²) in [7, 11) is 0. The van der Waals surface area contributed by atoms with Gasteiger partial charge in [0.2, 0.25) is 11.8 Å². The monoisotopic (exact) mass is 431 g/mol. The number of aromatic nitrogens is 1. The van der Waals surface area contributed by atoms with Gasteiger partial charge in [0, 0.05) is 44.5 Å². The molecule has 32 heavy (non-hydrogen) atoms. The van der Waals surface area contributed by atoms with Crippen molar-refractivity contribution in [3.05, 3.63) is 65.5 Å². The van der Waals surface area contributed by atoms with Gasteiger partial charge in [0.25, 0.3) is 0 Å². The molecule has 168 valence electrons. The second kappa shape index (κ2) is 9.05. The Labute approximate surface area is 190 Å². The molecule has 5 rings (SSSR count). The number of pyridine rings is 1.